The summed E-state index contributed by atoms with van der Waals surface area (Å²) in [6.45, 7) is 2.54. The van der Waals surface area contributed by atoms with Crippen molar-refractivity contribution in [2.45, 2.75) is 32.4 Å². The smallest absolute Gasteiger partial charge is 0.222 e. The van der Waals surface area contributed by atoms with E-state index in [0.717, 1.165) is 28.8 Å². The third-order valence-electron chi connectivity index (χ3n) is 5.09. The van der Waals surface area contributed by atoms with Gasteiger partial charge in [0.25, 0.3) is 0 Å². The number of aromatic amines is 1. The van der Waals surface area contributed by atoms with Crippen molar-refractivity contribution in [1.29, 1.82) is 0 Å². The molecule has 0 bridgehead atoms. The van der Waals surface area contributed by atoms with E-state index in [2.05, 4.69) is 21.4 Å². The average molecular weight is 362 g/mol. The van der Waals surface area contributed by atoms with Crippen molar-refractivity contribution >= 4 is 22.8 Å². The molecule has 3 aromatic rings. The molecule has 27 heavy (non-hydrogen) atoms. The minimum atomic E-state index is -0.219. The van der Waals surface area contributed by atoms with Crippen molar-refractivity contribution in [1.82, 2.24) is 20.2 Å². The van der Waals surface area contributed by atoms with E-state index < -0.39 is 0 Å². The second-order valence-corrected chi connectivity index (χ2v) is 6.86. The summed E-state index contributed by atoms with van der Waals surface area (Å²) < 4.78 is 0. The number of imidazole rings is 1. The van der Waals surface area contributed by atoms with Crippen LogP contribution in [-0.2, 0) is 22.6 Å². The van der Waals surface area contributed by atoms with Crippen LogP contribution in [0, 0.1) is 0 Å². The van der Waals surface area contributed by atoms with Gasteiger partial charge in [0.1, 0.15) is 5.82 Å². The first-order valence-corrected chi connectivity index (χ1v) is 9.17. The van der Waals surface area contributed by atoms with Gasteiger partial charge in [0, 0.05) is 13.5 Å². The zero-order valence-corrected chi connectivity index (χ0v) is 15.2. The largest absolute Gasteiger partial charge is 0.349 e. The highest BCUT2D eigenvalue weighted by Crippen LogP contribution is 2.32. The number of nitrogens with zero attached hydrogens (tertiary/aromatic N) is 2. The Balaban J connectivity index is 1.46. The molecule has 4 rings (SSSR count). The molecule has 6 nitrogen and oxygen atoms in total. The molecule has 6 heteroatoms. The highest BCUT2D eigenvalue weighted by atomic mass is 16.2. The molecule has 2 N–H and O–H groups in total. The Kier molecular flexibility index (Phi) is 4.62. The van der Waals surface area contributed by atoms with E-state index in [-0.39, 0.29) is 24.3 Å². The number of para-hydroxylation sites is 2. The predicted molar refractivity (Wildman–Crippen MR) is 103 cm³/mol. The number of benzene rings is 2. The Morgan fingerprint density at radius 1 is 1.19 bits per heavy atom. The number of carbonyl (C=O) groups is 2. The number of nitrogens with one attached hydrogen (secondary N) is 2. The predicted octanol–water partition coefficient (Wildman–Crippen LogP) is 2.72. The molecule has 0 aliphatic carbocycles. The molecule has 0 radical (unpaired) electrons. The number of amides is 2. The van der Waals surface area contributed by atoms with E-state index in [4.69, 9.17) is 0 Å². The van der Waals surface area contributed by atoms with Gasteiger partial charge in [-0.15, -0.1) is 0 Å². The standard InChI is InChI=1S/C21H22N4O2/c1-14(26)25-11-10-15-6-2-3-7-16(15)19(25)12-21(27)22-13-20-23-17-8-4-5-9-18(17)24-20/h2-9,19H,10-13H2,1H3,(H,22,27)(H,23,24). The van der Waals surface area contributed by atoms with Gasteiger partial charge in [-0.3, -0.25) is 9.59 Å². The van der Waals surface area contributed by atoms with Crippen LogP contribution < -0.4 is 5.32 Å². The maximum absolute atomic E-state index is 12.6. The lowest BCUT2D eigenvalue weighted by Crippen LogP contribution is -2.41. The average Bonchev–Trinajstić information content (AvgIpc) is 3.09. The molecule has 1 aliphatic heterocycles. The lowest BCUT2D eigenvalue weighted by molar-refractivity contribution is -0.133. The Morgan fingerprint density at radius 3 is 2.78 bits per heavy atom. The molecule has 1 atom stereocenters. The van der Waals surface area contributed by atoms with Gasteiger partial charge >= 0.3 is 0 Å². The van der Waals surface area contributed by atoms with Crippen molar-refractivity contribution in [3.8, 4) is 0 Å². The van der Waals surface area contributed by atoms with Gasteiger partial charge in [0.15, 0.2) is 0 Å². The molecular formula is C21H22N4O2. The van der Waals surface area contributed by atoms with Crippen LogP contribution >= 0.6 is 0 Å². The molecule has 2 amide bonds. The van der Waals surface area contributed by atoms with Crippen LogP contribution in [0.15, 0.2) is 48.5 Å². The van der Waals surface area contributed by atoms with Gasteiger partial charge in [0.05, 0.1) is 30.0 Å². The zero-order valence-electron chi connectivity index (χ0n) is 15.2. The summed E-state index contributed by atoms with van der Waals surface area (Å²) >= 11 is 0. The highest BCUT2D eigenvalue weighted by molar-refractivity contribution is 5.80. The Hall–Kier alpha value is -3.15. The molecule has 0 spiro atoms. The number of fused-ring (bicyclic) bond motifs is 2. The topological polar surface area (TPSA) is 78.1 Å². The Morgan fingerprint density at radius 2 is 1.96 bits per heavy atom. The van der Waals surface area contributed by atoms with Crippen LogP contribution in [0.5, 0.6) is 0 Å². The molecule has 1 aliphatic rings. The molecule has 1 unspecified atom stereocenters. The molecule has 138 valence electrons. The summed E-state index contributed by atoms with van der Waals surface area (Å²) in [4.78, 5) is 34.1. The second-order valence-electron chi connectivity index (χ2n) is 6.86. The first-order chi connectivity index (χ1) is 13.1. The van der Waals surface area contributed by atoms with Gasteiger partial charge in [0.2, 0.25) is 11.8 Å². The van der Waals surface area contributed by atoms with Crippen molar-refractivity contribution in [3.63, 3.8) is 0 Å². The summed E-state index contributed by atoms with van der Waals surface area (Å²) in [6, 6.07) is 15.6. The molecule has 2 heterocycles. The van der Waals surface area contributed by atoms with Crippen LogP contribution in [0.25, 0.3) is 11.0 Å². The van der Waals surface area contributed by atoms with Gasteiger partial charge in [-0.2, -0.15) is 0 Å². The fourth-order valence-corrected chi connectivity index (χ4v) is 3.77. The number of hydrogen-bond donors (Lipinski definition) is 2. The van der Waals surface area contributed by atoms with Crippen LogP contribution in [0.4, 0.5) is 0 Å². The van der Waals surface area contributed by atoms with Gasteiger partial charge in [-0.05, 0) is 29.7 Å². The SMILES string of the molecule is CC(=O)N1CCc2ccccc2C1CC(=O)NCc1nc2ccccc2[nH]1. The number of H-pyrrole nitrogens is 1. The van der Waals surface area contributed by atoms with E-state index in [0.29, 0.717) is 13.1 Å². The fourth-order valence-electron chi connectivity index (χ4n) is 3.77. The summed E-state index contributed by atoms with van der Waals surface area (Å²) in [5, 5.41) is 2.93. The Labute approximate surface area is 157 Å². The van der Waals surface area contributed by atoms with Crippen LogP contribution in [-0.4, -0.2) is 33.2 Å². The minimum absolute atomic E-state index is 0.000382. The van der Waals surface area contributed by atoms with E-state index in [1.165, 1.54) is 5.56 Å². The monoisotopic (exact) mass is 362 g/mol. The maximum atomic E-state index is 12.6. The number of hydrogen-bond acceptors (Lipinski definition) is 3. The van der Waals surface area contributed by atoms with E-state index in [1.54, 1.807) is 11.8 Å². The van der Waals surface area contributed by atoms with Crippen LogP contribution in [0.2, 0.25) is 0 Å². The molecule has 0 saturated heterocycles. The molecular weight excluding hydrogens is 340 g/mol. The normalized spacial score (nSPS) is 16.2. The lowest BCUT2D eigenvalue weighted by Gasteiger charge is -2.36. The van der Waals surface area contributed by atoms with Crippen molar-refractivity contribution in [2.75, 3.05) is 6.54 Å². The molecule has 1 aromatic heterocycles. The maximum Gasteiger partial charge on any atom is 0.222 e. The minimum Gasteiger partial charge on any atom is -0.349 e. The van der Waals surface area contributed by atoms with Gasteiger partial charge < -0.3 is 15.2 Å². The number of rotatable bonds is 4. The number of aromatic nitrogens is 2. The van der Waals surface area contributed by atoms with Gasteiger partial charge in [-0.25, -0.2) is 4.98 Å². The van der Waals surface area contributed by atoms with Crippen molar-refractivity contribution < 1.29 is 9.59 Å². The Bertz CT molecular complexity index is 962. The second kappa shape index (κ2) is 7.23. The molecule has 0 saturated carbocycles. The first-order valence-electron chi connectivity index (χ1n) is 9.17. The lowest BCUT2D eigenvalue weighted by atomic mass is 9.90. The number of carbonyl (C=O) groups excluding carboxylic acids is 2. The molecule has 2 aromatic carbocycles. The first kappa shape index (κ1) is 17.3. The van der Waals surface area contributed by atoms with Gasteiger partial charge in [-0.1, -0.05) is 36.4 Å². The van der Waals surface area contributed by atoms with Crippen molar-refractivity contribution in [3.05, 3.63) is 65.5 Å². The van der Waals surface area contributed by atoms with E-state index in [1.807, 2.05) is 42.5 Å². The van der Waals surface area contributed by atoms with Crippen LogP contribution in [0.1, 0.15) is 36.3 Å². The third kappa shape index (κ3) is 3.56. The summed E-state index contributed by atoms with van der Waals surface area (Å²) in [7, 11) is 0. The summed E-state index contributed by atoms with van der Waals surface area (Å²) in [5.41, 5.74) is 4.11. The van der Waals surface area contributed by atoms with Crippen molar-refractivity contribution in [2.24, 2.45) is 0 Å². The zero-order chi connectivity index (χ0) is 18.8. The van der Waals surface area contributed by atoms with E-state index >= 15 is 0 Å². The highest BCUT2D eigenvalue weighted by Gasteiger charge is 2.30. The third-order valence-corrected chi connectivity index (χ3v) is 5.09. The van der Waals surface area contributed by atoms with E-state index in [9.17, 15) is 9.59 Å². The molecule has 0 fully saturated rings. The van der Waals surface area contributed by atoms with Crippen LogP contribution in [0.3, 0.4) is 0 Å². The summed E-state index contributed by atoms with van der Waals surface area (Å²) in [6.07, 6.45) is 1.07. The quantitative estimate of drug-likeness (QED) is 0.749. The summed E-state index contributed by atoms with van der Waals surface area (Å²) in [5.74, 6) is 0.625. The fraction of sp³-hybridized carbons (Fsp3) is 0.286.